The summed E-state index contributed by atoms with van der Waals surface area (Å²) in [4.78, 5) is 33.6. The van der Waals surface area contributed by atoms with E-state index in [1.54, 1.807) is 17.6 Å². The molecule has 0 spiro atoms. The van der Waals surface area contributed by atoms with Gasteiger partial charge in [-0.3, -0.25) is 14.2 Å². The Kier molecular flexibility index (Phi) is 3.40. The molecule has 0 aliphatic carbocycles. The van der Waals surface area contributed by atoms with Crippen molar-refractivity contribution in [2.75, 3.05) is 0 Å². The van der Waals surface area contributed by atoms with Crippen molar-refractivity contribution in [3.05, 3.63) is 76.5 Å². The summed E-state index contributed by atoms with van der Waals surface area (Å²) in [6, 6.07) is 14.4. The molecular weight excluding hydrogens is 340 g/mol. The maximum absolute atomic E-state index is 13.0. The summed E-state index contributed by atoms with van der Waals surface area (Å²) in [5.74, 6) is 0.447. The molecule has 0 radical (unpaired) electrons. The van der Waals surface area contributed by atoms with Crippen LogP contribution >= 0.6 is 0 Å². The van der Waals surface area contributed by atoms with Gasteiger partial charge in [-0.25, -0.2) is 4.98 Å². The van der Waals surface area contributed by atoms with Crippen molar-refractivity contribution in [1.82, 2.24) is 19.9 Å². The summed E-state index contributed by atoms with van der Waals surface area (Å²) in [6.07, 6.45) is 2.52. The number of carbonyl (C=O) groups excluding carboxylic acids is 1. The van der Waals surface area contributed by atoms with E-state index in [1.165, 1.54) is 0 Å². The second-order valence-electron chi connectivity index (χ2n) is 6.96. The molecule has 0 saturated heterocycles. The highest BCUT2D eigenvalue weighted by Crippen LogP contribution is 2.28. The monoisotopic (exact) mass is 358 g/mol. The van der Waals surface area contributed by atoms with Gasteiger partial charge in [-0.05, 0) is 30.7 Å². The van der Waals surface area contributed by atoms with Crippen LogP contribution in [0.3, 0.4) is 0 Å². The van der Waals surface area contributed by atoms with Crippen LogP contribution in [0.5, 0.6) is 0 Å². The van der Waals surface area contributed by atoms with Crippen molar-refractivity contribution in [1.29, 1.82) is 0 Å². The lowest BCUT2D eigenvalue weighted by Crippen LogP contribution is -2.47. The first-order valence-corrected chi connectivity index (χ1v) is 9.00. The first-order valence-electron chi connectivity index (χ1n) is 9.00. The highest BCUT2D eigenvalue weighted by atomic mass is 16.2. The Balaban J connectivity index is 1.68. The van der Waals surface area contributed by atoms with E-state index in [1.807, 2.05) is 42.6 Å². The normalized spacial score (nSPS) is 19.2. The van der Waals surface area contributed by atoms with E-state index in [2.05, 4.69) is 16.4 Å². The number of hydrogen-bond acceptors (Lipinski definition) is 3. The van der Waals surface area contributed by atoms with Crippen LogP contribution in [-0.4, -0.2) is 20.4 Å². The number of H-pyrrole nitrogens is 1. The molecule has 0 unspecified atom stereocenters. The van der Waals surface area contributed by atoms with Crippen molar-refractivity contribution >= 4 is 27.7 Å². The quantitative estimate of drug-likeness (QED) is 0.578. The van der Waals surface area contributed by atoms with E-state index in [0.29, 0.717) is 23.1 Å². The summed E-state index contributed by atoms with van der Waals surface area (Å²) >= 11 is 0. The van der Waals surface area contributed by atoms with Gasteiger partial charge >= 0.3 is 0 Å². The maximum Gasteiger partial charge on any atom is 0.262 e. The highest BCUT2D eigenvalue weighted by Gasteiger charge is 2.33. The summed E-state index contributed by atoms with van der Waals surface area (Å²) in [5.41, 5.74) is 2.62. The van der Waals surface area contributed by atoms with Gasteiger partial charge in [0.15, 0.2) is 0 Å². The number of para-hydroxylation sites is 2. The van der Waals surface area contributed by atoms with Crippen LogP contribution in [0.2, 0.25) is 0 Å². The molecular formula is C21H18N4O2. The maximum atomic E-state index is 13.0. The number of aromatic amines is 1. The van der Waals surface area contributed by atoms with Gasteiger partial charge in [0.05, 0.1) is 16.9 Å². The first kappa shape index (κ1) is 15.8. The van der Waals surface area contributed by atoms with Gasteiger partial charge in [-0.1, -0.05) is 30.3 Å². The Morgan fingerprint density at radius 2 is 1.78 bits per heavy atom. The minimum absolute atomic E-state index is 0.161. The van der Waals surface area contributed by atoms with E-state index >= 15 is 0 Å². The fourth-order valence-electron chi connectivity index (χ4n) is 3.92. The molecule has 1 aliphatic rings. The lowest BCUT2D eigenvalue weighted by atomic mass is 10.0. The lowest BCUT2D eigenvalue weighted by molar-refractivity contribution is -0.126. The smallest absolute Gasteiger partial charge is 0.262 e. The number of aromatic nitrogens is 3. The number of amides is 1. The van der Waals surface area contributed by atoms with Gasteiger partial charge in [0.25, 0.3) is 5.56 Å². The van der Waals surface area contributed by atoms with Gasteiger partial charge in [0.1, 0.15) is 11.9 Å². The molecule has 1 aliphatic heterocycles. The van der Waals surface area contributed by atoms with E-state index in [-0.39, 0.29) is 17.5 Å². The van der Waals surface area contributed by atoms with Crippen molar-refractivity contribution in [3.63, 3.8) is 0 Å². The average molecular weight is 358 g/mol. The molecule has 5 rings (SSSR count). The van der Waals surface area contributed by atoms with Crippen molar-refractivity contribution in [2.24, 2.45) is 0 Å². The van der Waals surface area contributed by atoms with Crippen molar-refractivity contribution < 1.29 is 4.79 Å². The minimum Gasteiger partial charge on any atom is -0.361 e. The molecule has 2 atom stereocenters. The van der Waals surface area contributed by atoms with Gasteiger partial charge in [0, 0.05) is 23.5 Å². The van der Waals surface area contributed by atoms with Crippen molar-refractivity contribution in [3.8, 4) is 0 Å². The van der Waals surface area contributed by atoms with E-state index in [0.717, 1.165) is 16.5 Å². The predicted octanol–water partition coefficient (Wildman–Crippen LogP) is 2.85. The number of hydrogen-bond donors (Lipinski definition) is 2. The largest absolute Gasteiger partial charge is 0.361 e. The van der Waals surface area contributed by atoms with E-state index in [4.69, 9.17) is 4.98 Å². The molecule has 134 valence electrons. The number of nitrogens with one attached hydrogen (secondary N) is 2. The number of fused-ring (bicyclic) bond motifs is 3. The lowest BCUT2D eigenvalue weighted by Gasteiger charge is -2.31. The van der Waals surface area contributed by atoms with Crippen molar-refractivity contribution in [2.45, 2.75) is 25.4 Å². The van der Waals surface area contributed by atoms with Crippen LogP contribution in [0.25, 0.3) is 21.8 Å². The Morgan fingerprint density at radius 1 is 1.04 bits per heavy atom. The van der Waals surface area contributed by atoms with Crippen LogP contribution in [0, 0.1) is 0 Å². The van der Waals surface area contributed by atoms with Crippen LogP contribution in [0.15, 0.2) is 59.5 Å². The molecule has 0 saturated carbocycles. The standard InChI is InChI=1S/C21H18N4O2/c1-12-20(26)24-18(10-13-11-22-16-8-4-2-6-14(13)16)19-23-17-9-5-3-7-15(17)21(27)25(12)19/h2-9,11-12,18,22H,10H2,1H3,(H,24,26)/t12-,18-/m1/s1. The Bertz CT molecular complexity index is 1250. The van der Waals surface area contributed by atoms with Crippen LogP contribution in [0.1, 0.15) is 30.4 Å². The third kappa shape index (κ3) is 2.37. The molecule has 27 heavy (non-hydrogen) atoms. The Labute approximate surface area is 154 Å². The number of benzene rings is 2. The van der Waals surface area contributed by atoms with Gasteiger partial charge < -0.3 is 10.3 Å². The molecule has 2 N–H and O–H groups in total. The zero-order valence-electron chi connectivity index (χ0n) is 14.8. The third-order valence-electron chi connectivity index (χ3n) is 5.33. The summed E-state index contributed by atoms with van der Waals surface area (Å²) in [6.45, 7) is 1.73. The average Bonchev–Trinajstić information content (AvgIpc) is 3.09. The molecule has 0 bridgehead atoms. The minimum atomic E-state index is -0.580. The Morgan fingerprint density at radius 3 is 2.63 bits per heavy atom. The third-order valence-corrected chi connectivity index (χ3v) is 5.33. The summed E-state index contributed by atoms with van der Waals surface area (Å²) in [7, 11) is 0. The van der Waals surface area contributed by atoms with E-state index in [9.17, 15) is 9.59 Å². The van der Waals surface area contributed by atoms with Crippen LogP contribution < -0.4 is 10.9 Å². The SMILES string of the molecule is C[C@@H]1C(=O)N[C@H](Cc2c[nH]c3ccccc23)c2nc3ccccc3c(=O)n21. The van der Waals surface area contributed by atoms with E-state index < -0.39 is 6.04 Å². The zero-order valence-corrected chi connectivity index (χ0v) is 14.8. The van der Waals surface area contributed by atoms with Gasteiger partial charge in [-0.15, -0.1) is 0 Å². The van der Waals surface area contributed by atoms with Gasteiger partial charge in [0.2, 0.25) is 5.91 Å². The molecule has 4 aromatic rings. The fraction of sp³-hybridized carbons (Fsp3) is 0.190. The second-order valence-corrected chi connectivity index (χ2v) is 6.96. The number of rotatable bonds is 2. The second kappa shape index (κ2) is 5.81. The molecule has 3 heterocycles. The Hall–Kier alpha value is -3.41. The van der Waals surface area contributed by atoms with Gasteiger partial charge in [-0.2, -0.15) is 0 Å². The number of carbonyl (C=O) groups is 1. The molecule has 6 heteroatoms. The predicted molar refractivity (Wildman–Crippen MR) is 104 cm³/mol. The number of nitrogens with zero attached hydrogens (tertiary/aromatic N) is 2. The molecule has 6 nitrogen and oxygen atoms in total. The van der Waals surface area contributed by atoms with Crippen LogP contribution in [-0.2, 0) is 11.2 Å². The fourth-order valence-corrected chi connectivity index (χ4v) is 3.92. The summed E-state index contributed by atoms with van der Waals surface area (Å²) < 4.78 is 1.54. The first-order chi connectivity index (χ1) is 13.1. The molecule has 2 aromatic carbocycles. The highest BCUT2D eigenvalue weighted by molar-refractivity contribution is 5.85. The molecule has 1 amide bonds. The molecule has 0 fully saturated rings. The zero-order chi connectivity index (χ0) is 18.5. The van der Waals surface area contributed by atoms with Crippen LogP contribution in [0.4, 0.5) is 0 Å². The summed E-state index contributed by atoms with van der Waals surface area (Å²) in [5, 5.41) is 4.69. The topological polar surface area (TPSA) is 79.8 Å². The molecule has 2 aromatic heterocycles.